The van der Waals surface area contributed by atoms with Crippen molar-refractivity contribution in [2.45, 2.75) is 26.7 Å². The first-order valence-corrected chi connectivity index (χ1v) is 3.67. The summed E-state index contributed by atoms with van der Waals surface area (Å²) in [6.45, 7) is 4.44. The Morgan fingerprint density at radius 2 is 2.44 bits per heavy atom. The first-order valence-electron chi connectivity index (χ1n) is 3.67. The highest BCUT2D eigenvalue weighted by Gasteiger charge is 2.04. The molecule has 0 fully saturated rings. The molecule has 0 unspecified atom stereocenters. The second-order valence-electron chi connectivity index (χ2n) is 2.77. The van der Waals surface area contributed by atoms with Crippen molar-refractivity contribution < 1.29 is 0 Å². The van der Waals surface area contributed by atoms with Crippen LogP contribution in [0.15, 0.2) is 23.8 Å². The van der Waals surface area contributed by atoms with Gasteiger partial charge in [0.05, 0.1) is 0 Å². The third-order valence-electron chi connectivity index (χ3n) is 1.87. The first-order chi connectivity index (χ1) is 4.33. The molecule has 0 aliphatic heterocycles. The van der Waals surface area contributed by atoms with Gasteiger partial charge < -0.3 is 0 Å². The standard InChI is InChI=1S/C9H14/c1-3-9-6-4-5-8(2)7-9/h4-6,9H,3,7H2,1-2H3/t9-/m0/s1. The lowest BCUT2D eigenvalue weighted by molar-refractivity contribution is 0.614. The highest BCUT2D eigenvalue weighted by Crippen LogP contribution is 2.19. The lowest BCUT2D eigenvalue weighted by Gasteiger charge is -2.12. The third kappa shape index (κ3) is 1.70. The molecular formula is C9H14. The zero-order chi connectivity index (χ0) is 6.69. The predicted molar refractivity (Wildman–Crippen MR) is 41.3 cm³/mol. The molecule has 0 bridgehead atoms. The van der Waals surface area contributed by atoms with Crippen molar-refractivity contribution in [2.24, 2.45) is 5.92 Å². The molecule has 0 aromatic rings. The summed E-state index contributed by atoms with van der Waals surface area (Å²) in [5.74, 6) is 0.815. The normalized spacial score (nSPS) is 26.0. The van der Waals surface area contributed by atoms with Crippen LogP contribution in [0.1, 0.15) is 26.7 Å². The van der Waals surface area contributed by atoms with Gasteiger partial charge in [0.2, 0.25) is 0 Å². The van der Waals surface area contributed by atoms with Gasteiger partial charge >= 0.3 is 0 Å². The second kappa shape index (κ2) is 2.86. The molecule has 0 spiro atoms. The van der Waals surface area contributed by atoms with E-state index in [1.807, 2.05) is 0 Å². The Morgan fingerprint density at radius 3 is 2.89 bits per heavy atom. The van der Waals surface area contributed by atoms with Crippen molar-refractivity contribution >= 4 is 0 Å². The van der Waals surface area contributed by atoms with E-state index in [0.717, 1.165) is 5.92 Å². The Labute approximate surface area is 57.3 Å². The van der Waals surface area contributed by atoms with Crippen molar-refractivity contribution in [3.05, 3.63) is 23.8 Å². The zero-order valence-corrected chi connectivity index (χ0v) is 6.22. The quantitative estimate of drug-likeness (QED) is 0.501. The van der Waals surface area contributed by atoms with E-state index in [1.54, 1.807) is 0 Å². The molecule has 0 saturated carbocycles. The highest BCUT2D eigenvalue weighted by molar-refractivity contribution is 5.17. The minimum Gasteiger partial charge on any atom is -0.0811 e. The molecule has 1 atom stereocenters. The van der Waals surface area contributed by atoms with Crippen LogP contribution >= 0.6 is 0 Å². The van der Waals surface area contributed by atoms with Crippen LogP contribution in [0.2, 0.25) is 0 Å². The molecule has 0 aromatic heterocycles. The summed E-state index contributed by atoms with van der Waals surface area (Å²) in [7, 11) is 0. The van der Waals surface area contributed by atoms with E-state index < -0.39 is 0 Å². The molecule has 1 aliphatic carbocycles. The number of rotatable bonds is 1. The summed E-state index contributed by atoms with van der Waals surface area (Å²) < 4.78 is 0. The fraction of sp³-hybridized carbons (Fsp3) is 0.556. The number of hydrogen-bond acceptors (Lipinski definition) is 0. The van der Waals surface area contributed by atoms with Gasteiger partial charge in [-0.2, -0.15) is 0 Å². The Kier molecular flexibility index (Phi) is 2.10. The Balaban J connectivity index is 2.51. The van der Waals surface area contributed by atoms with E-state index in [2.05, 4.69) is 32.1 Å². The van der Waals surface area contributed by atoms with Crippen LogP contribution in [0.4, 0.5) is 0 Å². The Bertz CT molecular complexity index is 140. The van der Waals surface area contributed by atoms with Crippen molar-refractivity contribution in [1.82, 2.24) is 0 Å². The van der Waals surface area contributed by atoms with Crippen molar-refractivity contribution in [3.63, 3.8) is 0 Å². The molecule has 50 valence electrons. The average Bonchev–Trinajstić information content (AvgIpc) is 1.88. The maximum atomic E-state index is 2.30. The smallest absolute Gasteiger partial charge is 0.0196 e. The molecule has 0 saturated heterocycles. The van der Waals surface area contributed by atoms with Crippen molar-refractivity contribution in [2.75, 3.05) is 0 Å². The zero-order valence-electron chi connectivity index (χ0n) is 6.22. The van der Waals surface area contributed by atoms with Gasteiger partial charge in [0.1, 0.15) is 0 Å². The maximum Gasteiger partial charge on any atom is -0.0196 e. The van der Waals surface area contributed by atoms with E-state index in [9.17, 15) is 0 Å². The Morgan fingerprint density at radius 1 is 1.67 bits per heavy atom. The number of allylic oxidation sites excluding steroid dienone is 4. The summed E-state index contributed by atoms with van der Waals surface area (Å²) in [6, 6.07) is 0. The summed E-state index contributed by atoms with van der Waals surface area (Å²) in [5, 5.41) is 0. The molecule has 0 heterocycles. The molecule has 0 aromatic carbocycles. The van der Waals surface area contributed by atoms with E-state index in [-0.39, 0.29) is 0 Å². The van der Waals surface area contributed by atoms with Gasteiger partial charge in [0.25, 0.3) is 0 Å². The first kappa shape index (κ1) is 6.60. The van der Waals surface area contributed by atoms with Crippen LogP contribution in [-0.4, -0.2) is 0 Å². The van der Waals surface area contributed by atoms with E-state index in [0.29, 0.717) is 0 Å². The van der Waals surface area contributed by atoms with Gasteiger partial charge in [-0.3, -0.25) is 0 Å². The van der Waals surface area contributed by atoms with Gasteiger partial charge in [0, 0.05) is 0 Å². The van der Waals surface area contributed by atoms with Crippen LogP contribution < -0.4 is 0 Å². The van der Waals surface area contributed by atoms with Crippen molar-refractivity contribution in [3.8, 4) is 0 Å². The predicted octanol–water partition coefficient (Wildman–Crippen LogP) is 2.92. The summed E-state index contributed by atoms with van der Waals surface area (Å²) in [4.78, 5) is 0. The van der Waals surface area contributed by atoms with Crippen LogP contribution in [0, 0.1) is 5.92 Å². The van der Waals surface area contributed by atoms with Crippen molar-refractivity contribution in [1.29, 1.82) is 0 Å². The summed E-state index contributed by atoms with van der Waals surface area (Å²) in [5.41, 5.74) is 1.52. The molecular weight excluding hydrogens is 108 g/mol. The molecule has 0 radical (unpaired) electrons. The largest absolute Gasteiger partial charge is 0.0811 e. The SMILES string of the molecule is CC[C@H]1C=CC=C(C)C1. The molecule has 1 aliphatic rings. The monoisotopic (exact) mass is 122 g/mol. The van der Waals surface area contributed by atoms with Crippen LogP contribution in [-0.2, 0) is 0 Å². The Hall–Kier alpha value is -0.520. The van der Waals surface area contributed by atoms with Crippen LogP contribution in [0.3, 0.4) is 0 Å². The third-order valence-corrected chi connectivity index (χ3v) is 1.87. The van der Waals surface area contributed by atoms with E-state index >= 15 is 0 Å². The molecule has 0 heteroatoms. The van der Waals surface area contributed by atoms with Gasteiger partial charge in [-0.05, 0) is 25.7 Å². The molecule has 0 nitrogen and oxygen atoms in total. The van der Waals surface area contributed by atoms with Gasteiger partial charge in [-0.25, -0.2) is 0 Å². The lowest BCUT2D eigenvalue weighted by atomic mass is 9.93. The minimum absolute atomic E-state index is 0.815. The highest BCUT2D eigenvalue weighted by atomic mass is 14.1. The van der Waals surface area contributed by atoms with Gasteiger partial charge in [0.15, 0.2) is 0 Å². The molecule has 1 rings (SSSR count). The topological polar surface area (TPSA) is 0 Å². The fourth-order valence-corrected chi connectivity index (χ4v) is 1.21. The number of hydrogen-bond donors (Lipinski definition) is 0. The average molecular weight is 122 g/mol. The minimum atomic E-state index is 0.815. The lowest BCUT2D eigenvalue weighted by Crippen LogP contribution is -1.97. The van der Waals surface area contributed by atoms with E-state index in [4.69, 9.17) is 0 Å². The van der Waals surface area contributed by atoms with Crippen LogP contribution in [0.25, 0.3) is 0 Å². The molecule has 9 heavy (non-hydrogen) atoms. The summed E-state index contributed by atoms with van der Waals surface area (Å²) in [6.07, 6.45) is 9.22. The second-order valence-corrected chi connectivity index (χ2v) is 2.77. The molecule has 0 amide bonds. The maximum absolute atomic E-state index is 2.30. The fourth-order valence-electron chi connectivity index (χ4n) is 1.21. The summed E-state index contributed by atoms with van der Waals surface area (Å²) >= 11 is 0. The van der Waals surface area contributed by atoms with E-state index in [1.165, 1.54) is 18.4 Å². The van der Waals surface area contributed by atoms with Gasteiger partial charge in [-0.1, -0.05) is 30.7 Å². The van der Waals surface area contributed by atoms with Crippen LogP contribution in [0.5, 0.6) is 0 Å². The molecule has 0 N–H and O–H groups in total. The van der Waals surface area contributed by atoms with Gasteiger partial charge in [-0.15, -0.1) is 0 Å².